The fourth-order valence-electron chi connectivity index (χ4n) is 0.896. The number of rotatable bonds is 2. The van der Waals surface area contributed by atoms with Crippen LogP contribution in [0.3, 0.4) is 0 Å². The second kappa shape index (κ2) is 5.73. The van der Waals surface area contributed by atoms with Crippen LogP contribution in [0.4, 0.5) is 5.69 Å². The first-order valence-electron chi connectivity index (χ1n) is 3.38. The van der Waals surface area contributed by atoms with Gasteiger partial charge in [0.15, 0.2) is 0 Å². The summed E-state index contributed by atoms with van der Waals surface area (Å²) in [6.07, 6.45) is 0. The summed E-state index contributed by atoms with van der Waals surface area (Å²) in [5, 5.41) is 19.3. The number of hydrogen-bond donors (Lipinski definition) is 2. The van der Waals surface area contributed by atoms with Crippen molar-refractivity contribution >= 4 is 78.8 Å². The Morgan fingerprint density at radius 1 is 1.38 bits per heavy atom. The molecule has 1 aromatic rings. The average Bonchev–Trinajstić information content (AvgIpc) is 2.06. The van der Waals surface area contributed by atoms with E-state index in [-0.39, 0.29) is 56.4 Å². The van der Waals surface area contributed by atoms with Crippen LogP contribution in [0.25, 0.3) is 0 Å². The van der Waals surface area contributed by atoms with E-state index in [0.717, 1.165) is 6.07 Å². The summed E-state index contributed by atoms with van der Waals surface area (Å²) in [6, 6.07) is 1.48. The molecule has 0 unspecified atom stereocenters. The molecule has 0 fully saturated rings. The molecule has 0 bridgehead atoms. The predicted molar refractivity (Wildman–Crippen MR) is 55.3 cm³/mol. The van der Waals surface area contributed by atoms with Crippen molar-refractivity contribution in [1.29, 1.82) is 0 Å². The molecule has 0 aromatic heterocycles. The first kappa shape index (κ1) is 16.3. The molecule has 1 radical (unpaired) electrons. The molecule has 0 aliphatic rings. The van der Waals surface area contributed by atoms with Crippen LogP contribution in [-0.4, -0.2) is 74.4 Å². The number of nitro groups is 1. The third-order valence-electron chi connectivity index (χ3n) is 1.49. The van der Waals surface area contributed by atoms with Gasteiger partial charge in [-0.3, -0.25) is 14.7 Å². The molecule has 0 saturated heterocycles. The quantitative estimate of drug-likeness (QED) is 0.360. The minimum absolute atomic E-state index is 0. The normalized spacial score (nSPS) is 10.6. The summed E-state index contributed by atoms with van der Waals surface area (Å²) >= 11 is 5.38. The van der Waals surface area contributed by atoms with Crippen molar-refractivity contribution in [2.24, 2.45) is 0 Å². The van der Waals surface area contributed by atoms with Gasteiger partial charge in [0, 0.05) is 62.5 Å². The van der Waals surface area contributed by atoms with Gasteiger partial charge in [0.2, 0.25) is 5.75 Å². The molecule has 10 heteroatoms. The predicted octanol–water partition coefficient (Wildman–Crippen LogP) is 0.820. The van der Waals surface area contributed by atoms with Crippen LogP contribution in [0.5, 0.6) is 5.75 Å². The van der Waals surface area contributed by atoms with E-state index in [1.165, 1.54) is 0 Å². The van der Waals surface area contributed by atoms with E-state index in [4.69, 9.17) is 16.2 Å². The smallest absolute Gasteiger partial charge is 0.313 e. The second-order valence-electron chi connectivity index (χ2n) is 2.50. The molecule has 1 rings (SSSR count). The fraction of sp³-hybridized carbons (Fsp3) is 0. The van der Waals surface area contributed by atoms with Gasteiger partial charge < -0.3 is 5.11 Å². The number of phenols is 1. The average molecular weight is 293 g/mol. The Hall–Kier alpha value is 0.256. The van der Waals surface area contributed by atoms with Crippen molar-refractivity contribution in [3.05, 3.63) is 27.3 Å². The van der Waals surface area contributed by atoms with Gasteiger partial charge in [-0.25, -0.2) is 0 Å². The van der Waals surface area contributed by atoms with Gasteiger partial charge in [0.1, 0.15) is 4.90 Å². The summed E-state index contributed by atoms with van der Waals surface area (Å²) in [6.45, 7) is 0. The van der Waals surface area contributed by atoms with E-state index in [0.29, 0.717) is 6.07 Å². The summed E-state index contributed by atoms with van der Waals surface area (Å²) in [7, 11) is -4.75. The molecular weight excluding hydrogens is 289 g/mol. The number of nitro benzene ring substituents is 1. The van der Waals surface area contributed by atoms with Crippen molar-refractivity contribution in [3.8, 4) is 5.75 Å². The number of halogens is 1. The van der Waals surface area contributed by atoms with Crippen LogP contribution < -0.4 is 0 Å². The topological polar surface area (TPSA) is 118 Å². The van der Waals surface area contributed by atoms with Crippen molar-refractivity contribution < 1.29 is 23.0 Å². The largest absolute Gasteiger partial charge is 0.501 e. The van der Waals surface area contributed by atoms with Gasteiger partial charge in [-0.2, -0.15) is 8.42 Å². The summed E-state index contributed by atoms with van der Waals surface area (Å²) < 4.78 is 30.0. The number of phenolic OH excluding ortho intramolecular Hbond substituents is 1. The standard InChI is InChI=1S/C6H4ClNO6S.K/c7-3-1-4(8(10)11)6(9)5(2-3)15(12,13)14;/h1-2,9H,(H,12,13,14);. The zero-order chi connectivity index (χ0) is 11.8. The maximum Gasteiger partial charge on any atom is 0.313 e. The molecule has 7 nitrogen and oxygen atoms in total. The van der Waals surface area contributed by atoms with Crippen LogP contribution in [-0.2, 0) is 10.1 Å². The molecule has 0 heterocycles. The molecule has 0 amide bonds. The first-order chi connectivity index (χ1) is 6.73. The summed E-state index contributed by atoms with van der Waals surface area (Å²) in [4.78, 5) is 8.35. The Bertz CT molecular complexity index is 530. The van der Waals surface area contributed by atoms with Crippen molar-refractivity contribution in [2.45, 2.75) is 4.90 Å². The van der Waals surface area contributed by atoms with Crippen LogP contribution in [0.2, 0.25) is 5.02 Å². The van der Waals surface area contributed by atoms with Gasteiger partial charge in [0.25, 0.3) is 10.1 Å². The molecule has 16 heavy (non-hydrogen) atoms. The van der Waals surface area contributed by atoms with Crippen LogP contribution in [0.1, 0.15) is 0 Å². The summed E-state index contributed by atoms with van der Waals surface area (Å²) in [5.74, 6) is -1.15. The molecule has 83 valence electrons. The van der Waals surface area contributed by atoms with Crippen LogP contribution in [0, 0.1) is 10.1 Å². The van der Waals surface area contributed by atoms with Crippen LogP contribution in [0.15, 0.2) is 17.0 Å². The SMILES string of the molecule is O=[N+]([O-])c1cc(Cl)cc(S(=O)(=O)O)c1O.[K]. The third-order valence-corrected chi connectivity index (χ3v) is 2.58. The molecule has 0 aliphatic heterocycles. The molecule has 0 aliphatic carbocycles. The van der Waals surface area contributed by atoms with E-state index in [1.807, 2.05) is 0 Å². The minimum Gasteiger partial charge on any atom is -0.501 e. The Balaban J connectivity index is 0.00000225. The molecule has 2 N–H and O–H groups in total. The van der Waals surface area contributed by atoms with Gasteiger partial charge in [-0.1, -0.05) is 11.6 Å². The molecular formula is C6H4ClKNO6S. The van der Waals surface area contributed by atoms with Crippen molar-refractivity contribution in [2.75, 3.05) is 0 Å². The van der Waals surface area contributed by atoms with Crippen LogP contribution >= 0.6 is 11.6 Å². The van der Waals surface area contributed by atoms with Crippen molar-refractivity contribution in [1.82, 2.24) is 0 Å². The molecule has 0 saturated carbocycles. The van der Waals surface area contributed by atoms with E-state index < -0.39 is 31.4 Å². The number of benzene rings is 1. The fourth-order valence-corrected chi connectivity index (χ4v) is 1.80. The zero-order valence-corrected chi connectivity index (χ0v) is 12.6. The summed E-state index contributed by atoms with van der Waals surface area (Å²) in [5.41, 5.74) is -0.893. The maximum atomic E-state index is 10.7. The van der Waals surface area contributed by atoms with Crippen molar-refractivity contribution in [3.63, 3.8) is 0 Å². The minimum atomic E-state index is -4.75. The van der Waals surface area contributed by atoms with E-state index in [9.17, 15) is 23.6 Å². The Kier molecular flexibility index (Phi) is 5.82. The Morgan fingerprint density at radius 2 is 1.88 bits per heavy atom. The molecule has 0 atom stereocenters. The number of aromatic hydroxyl groups is 1. The first-order valence-corrected chi connectivity index (χ1v) is 5.19. The maximum absolute atomic E-state index is 10.7. The van der Waals surface area contributed by atoms with E-state index in [2.05, 4.69) is 0 Å². The van der Waals surface area contributed by atoms with Gasteiger partial charge in [-0.05, 0) is 6.07 Å². The van der Waals surface area contributed by atoms with E-state index >= 15 is 0 Å². The number of nitrogens with zero attached hydrogens (tertiary/aromatic N) is 1. The molecule has 1 aromatic carbocycles. The third kappa shape index (κ3) is 3.63. The zero-order valence-electron chi connectivity index (χ0n) is 7.92. The van der Waals surface area contributed by atoms with Gasteiger partial charge in [0.05, 0.1) is 4.92 Å². The van der Waals surface area contributed by atoms with Gasteiger partial charge >= 0.3 is 5.69 Å². The second-order valence-corrected chi connectivity index (χ2v) is 4.33. The Labute approximate surface area is 138 Å². The Morgan fingerprint density at radius 3 is 2.25 bits per heavy atom. The molecule has 0 spiro atoms. The van der Waals surface area contributed by atoms with E-state index in [1.54, 1.807) is 0 Å². The van der Waals surface area contributed by atoms with Gasteiger partial charge in [-0.15, -0.1) is 0 Å². The number of hydrogen-bond acceptors (Lipinski definition) is 5. The monoisotopic (exact) mass is 292 g/mol.